The number of nitrogens with one attached hydrogen (secondary N) is 3. The SMILES string of the molecule is NCCCCC(NC(=O)C1CCCN1C(=O)C(N)CCC(N)=O)C(=O)NC(Cc1cnc[nH]1)C(=O)O. The van der Waals surface area contributed by atoms with Crippen molar-refractivity contribution in [3.63, 3.8) is 0 Å². The van der Waals surface area contributed by atoms with Crippen LogP contribution in [0.5, 0.6) is 0 Å². The van der Waals surface area contributed by atoms with E-state index in [9.17, 15) is 29.1 Å². The number of H-pyrrole nitrogens is 1. The van der Waals surface area contributed by atoms with Crippen LogP contribution >= 0.6 is 0 Å². The van der Waals surface area contributed by atoms with Crippen molar-refractivity contribution in [2.75, 3.05) is 13.1 Å². The van der Waals surface area contributed by atoms with Crippen LogP contribution < -0.4 is 27.8 Å². The molecule has 2 heterocycles. The smallest absolute Gasteiger partial charge is 0.326 e. The summed E-state index contributed by atoms with van der Waals surface area (Å²) in [5.74, 6) is -3.46. The fourth-order valence-electron chi connectivity index (χ4n) is 4.06. The number of nitrogens with zero attached hydrogens (tertiary/aromatic N) is 2. The molecule has 14 heteroatoms. The summed E-state index contributed by atoms with van der Waals surface area (Å²) >= 11 is 0. The number of amides is 4. The van der Waals surface area contributed by atoms with Crippen LogP contribution in [0.15, 0.2) is 12.5 Å². The lowest BCUT2D eigenvalue weighted by molar-refractivity contribution is -0.143. The van der Waals surface area contributed by atoms with Crippen LogP contribution in [0.1, 0.15) is 50.6 Å². The molecule has 0 saturated carbocycles. The van der Waals surface area contributed by atoms with Gasteiger partial charge in [-0.3, -0.25) is 19.2 Å². The maximum atomic E-state index is 13.1. The molecule has 0 aromatic carbocycles. The first-order valence-corrected chi connectivity index (χ1v) is 12.0. The normalized spacial score (nSPS) is 17.7. The van der Waals surface area contributed by atoms with E-state index in [1.807, 2.05) is 0 Å². The fourth-order valence-corrected chi connectivity index (χ4v) is 4.06. The molecule has 10 N–H and O–H groups in total. The number of carbonyl (C=O) groups is 5. The Morgan fingerprint density at radius 1 is 1.17 bits per heavy atom. The van der Waals surface area contributed by atoms with E-state index in [2.05, 4.69) is 20.6 Å². The number of carboxylic acids is 1. The highest BCUT2D eigenvalue weighted by atomic mass is 16.4. The molecule has 36 heavy (non-hydrogen) atoms. The van der Waals surface area contributed by atoms with Crippen molar-refractivity contribution in [3.05, 3.63) is 18.2 Å². The first-order chi connectivity index (χ1) is 17.1. The minimum atomic E-state index is -1.24. The molecule has 1 fully saturated rings. The van der Waals surface area contributed by atoms with E-state index >= 15 is 0 Å². The Bertz CT molecular complexity index is 908. The molecule has 1 saturated heterocycles. The Balaban J connectivity index is 2.07. The van der Waals surface area contributed by atoms with Crippen LogP contribution in [0.25, 0.3) is 0 Å². The molecule has 4 unspecified atom stereocenters. The van der Waals surface area contributed by atoms with E-state index in [1.165, 1.54) is 17.4 Å². The second-order valence-electron chi connectivity index (χ2n) is 8.83. The lowest BCUT2D eigenvalue weighted by Crippen LogP contribution is -2.56. The molecule has 1 aromatic heterocycles. The van der Waals surface area contributed by atoms with Gasteiger partial charge in [0.15, 0.2) is 0 Å². The summed E-state index contributed by atoms with van der Waals surface area (Å²) < 4.78 is 0. The Morgan fingerprint density at radius 3 is 2.53 bits per heavy atom. The maximum absolute atomic E-state index is 13.1. The largest absolute Gasteiger partial charge is 0.480 e. The highest BCUT2D eigenvalue weighted by molar-refractivity contribution is 5.94. The van der Waals surface area contributed by atoms with Gasteiger partial charge in [-0.2, -0.15) is 0 Å². The Labute approximate surface area is 208 Å². The van der Waals surface area contributed by atoms with E-state index in [1.54, 1.807) is 0 Å². The van der Waals surface area contributed by atoms with Crippen LogP contribution in [0, 0.1) is 0 Å². The van der Waals surface area contributed by atoms with E-state index in [0.717, 1.165) is 0 Å². The predicted octanol–water partition coefficient (Wildman–Crippen LogP) is -2.28. The number of unbranched alkanes of at least 4 members (excludes halogenated alkanes) is 1. The van der Waals surface area contributed by atoms with Crippen molar-refractivity contribution in [2.45, 2.75) is 75.5 Å². The van der Waals surface area contributed by atoms with Gasteiger partial charge in [0.25, 0.3) is 0 Å². The van der Waals surface area contributed by atoms with Crippen molar-refractivity contribution in [1.82, 2.24) is 25.5 Å². The van der Waals surface area contributed by atoms with Gasteiger partial charge < -0.3 is 42.8 Å². The highest BCUT2D eigenvalue weighted by Crippen LogP contribution is 2.20. The van der Waals surface area contributed by atoms with Crippen LogP contribution in [-0.4, -0.2) is 86.8 Å². The maximum Gasteiger partial charge on any atom is 0.326 e. The van der Waals surface area contributed by atoms with Crippen molar-refractivity contribution >= 4 is 29.6 Å². The third-order valence-corrected chi connectivity index (χ3v) is 6.03. The van der Waals surface area contributed by atoms with Gasteiger partial charge >= 0.3 is 5.97 Å². The standard InChI is InChI=1S/C22H36N8O6/c23-8-2-1-4-15(19(32)29-16(22(35)36)10-13-11-26-12-27-13)28-20(33)17-5-3-9-30(17)21(34)14(24)6-7-18(25)31/h11-12,14-17H,1-10,23-24H2,(H2,25,31)(H,26,27)(H,28,33)(H,29,32)(H,35,36). The number of aromatic nitrogens is 2. The molecule has 1 aromatic rings. The van der Waals surface area contributed by atoms with Gasteiger partial charge in [-0.25, -0.2) is 9.78 Å². The molecule has 4 atom stereocenters. The molecule has 0 aliphatic carbocycles. The highest BCUT2D eigenvalue weighted by Gasteiger charge is 2.38. The summed E-state index contributed by atoms with van der Waals surface area (Å²) in [6.07, 6.45) is 5.19. The molecule has 1 aliphatic rings. The molecule has 200 valence electrons. The molecule has 0 radical (unpaired) electrons. The number of hydrogen-bond acceptors (Lipinski definition) is 8. The zero-order valence-electron chi connectivity index (χ0n) is 20.2. The van der Waals surface area contributed by atoms with Gasteiger partial charge in [0.1, 0.15) is 18.1 Å². The summed E-state index contributed by atoms with van der Waals surface area (Å²) in [6, 6.07) is -4.07. The number of rotatable bonds is 15. The number of aromatic amines is 1. The number of likely N-dealkylation sites (tertiary alicyclic amines) is 1. The van der Waals surface area contributed by atoms with Crippen LogP contribution in [0.4, 0.5) is 0 Å². The number of carboxylic acid groups (broad SMARTS) is 1. The molecule has 1 aliphatic heterocycles. The Morgan fingerprint density at radius 2 is 1.92 bits per heavy atom. The predicted molar refractivity (Wildman–Crippen MR) is 128 cm³/mol. The van der Waals surface area contributed by atoms with E-state index in [4.69, 9.17) is 17.2 Å². The number of hydrogen-bond donors (Lipinski definition) is 7. The fraction of sp³-hybridized carbons (Fsp3) is 0.636. The summed E-state index contributed by atoms with van der Waals surface area (Å²) in [5, 5.41) is 14.7. The number of nitrogens with two attached hydrogens (primary N) is 3. The topological polar surface area (TPSA) is 240 Å². The molecule has 2 rings (SSSR count). The van der Waals surface area contributed by atoms with Crippen molar-refractivity contribution < 1.29 is 29.1 Å². The van der Waals surface area contributed by atoms with Gasteiger partial charge in [0, 0.05) is 31.3 Å². The molecule has 0 spiro atoms. The van der Waals surface area contributed by atoms with E-state index in [-0.39, 0.29) is 25.7 Å². The second kappa shape index (κ2) is 14.1. The first kappa shape index (κ1) is 28.7. The van der Waals surface area contributed by atoms with Gasteiger partial charge in [-0.05, 0) is 45.1 Å². The Kier molecular flexibility index (Phi) is 11.3. The van der Waals surface area contributed by atoms with Crippen LogP contribution in [-0.2, 0) is 30.4 Å². The molecule has 4 amide bonds. The number of carbonyl (C=O) groups excluding carboxylic acids is 4. The molecule has 14 nitrogen and oxygen atoms in total. The average Bonchev–Trinajstić information content (AvgIpc) is 3.53. The molecular weight excluding hydrogens is 472 g/mol. The summed E-state index contributed by atoms with van der Waals surface area (Å²) in [6.45, 7) is 0.713. The van der Waals surface area contributed by atoms with E-state index < -0.39 is 53.8 Å². The summed E-state index contributed by atoms with van der Waals surface area (Å²) in [7, 11) is 0. The quantitative estimate of drug-likeness (QED) is 0.126. The first-order valence-electron chi connectivity index (χ1n) is 12.0. The minimum Gasteiger partial charge on any atom is -0.480 e. The number of aliphatic carboxylic acids is 1. The van der Waals surface area contributed by atoms with Gasteiger partial charge in [0.2, 0.25) is 23.6 Å². The lowest BCUT2D eigenvalue weighted by atomic mass is 10.1. The van der Waals surface area contributed by atoms with Crippen LogP contribution in [0.3, 0.4) is 0 Å². The summed E-state index contributed by atoms with van der Waals surface area (Å²) in [4.78, 5) is 69.6. The zero-order chi connectivity index (χ0) is 26.7. The van der Waals surface area contributed by atoms with Crippen LogP contribution in [0.2, 0.25) is 0 Å². The summed E-state index contributed by atoms with van der Waals surface area (Å²) in [5.41, 5.74) is 17.1. The Hall–Kier alpha value is -3.52. The third kappa shape index (κ3) is 8.61. The van der Waals surface area contributed by atoms with Gasteiger partial charge in [-0.15, -0.1) is 0 Å². The van der Waals surface area contributed by atoms with Gasteiger partial charge in [0.05, 0.1) is 12.4 Å². The minimum absolute atomic E-state index is 0.0152. The molecular formula is C22H36N8O6. The van der Waals surface area contributed by atoms with E-state index in [0.29, 0.717) is 44.5 Å². The second-order valence-corrected chi connectivity index (χ2v) is 8.83. The zero-order valence-corrected chi connectivity index (χ0v) is 20.2. The van der Waals surface area contributed by atoms with Crippen molar-refractivity contribution in [3.8, 4) is 0 Å². The molecule has 0 bridgehead atoms. The van der Waals surface area contributed by atoms with Crippen molar-refractivity contribution in [2.24, 2.45) is 17.2 Å². The number of imidazole rings is 1. The average molecular weight is 509 g/mol. The van der Waals surface area contributed by atoms with Gasteiger partial charge in [-0.1, -0.05) is 0 Å². The number of primary amides is 1. The third-order valence-electron chi connectivity index (χ3n) is 6.03. The monoisotopic (exact) mass is 508 g/mol. The van der Waals surface area contributed by atoms with Crippen molar-refractivity contribution in [1.29, 1.82) is 0 Å². The lowest BCUT2D eigenvalue weighted by Gasteiger charge is -2.28.